The van der Waals surface area contributed by atoms with E-state index in [1.807, 2.05) is 49.5 Å². The Bertz CT molecular complexity index is 876. The van der Waals surface area contributed by atoms with Crippen molar-refractivity contribution in [2.45, 2.75) is 12.8 Å². The van der Waals surface area contributed by atoms with Gasteiger partial charge in [-0.1, -0.05) is 6.07 Å². The largest absolute Gasteiger partial charge is 0.494 e. The van der Waals surface area contributed by atoms with Gasteiger partial charge in [-0.05, 0) is 70.9 Å². The van der Waals surface area contributed by atoms with E-state index in [0.29, 0.717) is 19.1 Å². The number of fused-ring (bicyclic) bond motifs is 1. The molecule has 0 aliphatic heterocycles. The molecule has 0 bridgehead atoms. The third-order valence-corrected chi connectivity index (χ3v) is 4.30. The molecule has 0 radical (unpaired) electrons. The molecule has 0 fully saturated rings. The zero-order chi connectivity index (χ0) is 19.8. The highest BCUT2D eigenvalue weighted by Crippen LogP contribution is 2.29. The molecule has 150 valence electrons. The van der Waals surface area contributed by atoms with Crippen LogP contribution in [0.5, 0.6) is 11.5 Å². The van der Waals surface area contributed by atoms with Crippen molar-refractivity contribution in [2.24, 2.45) is 0 Å². The molecule has 1 aromatic heterocycles. The first-order chi connectivity index (χ1) is 13.7. The predicted octanol–water partition coefficient (Wildman–Crippen LogP) is 3.81. The van der Waals surface area contributed by atoms with E-state index < -0.39 is 0 Å². The predicted molar refractivity (Wildman–Crippen MR) is 112 cm³/mol. The topological polar surface area (TPSA) is 59.8 Å². The van der Waals surface area contributed by atoms with E-state index in [-0.39, 0.29) is 0 Å². The molecule has 0 saturated heterocycles. The minimum atomic E-state index is 0.584. The van der Waals surface area contributed by atoms with Crippen molar-refractivity contribution >= 4 is 11.1 Å². The second kappa shape index (κ2) is 10.1. The smallest absolute Gasteiger partial charge is 0.227 e. The summed E-state index contributed by atoms with van der Waals surface area (Å²) in [6.07, 6.45) is 1.94. The van der Waals surface area contributed by atoms with Gasteiger partial charge in [0, 0.05) is 18.2 Å². The van der Waals surface area contributed by atoms with Crippen molar-refractivity contribution < 1.29 is 13.9 Å². The van der Waals surface area contributed by atoms with Gasteiger partial charge in [0.2, 0.25) is 5.89 Å². The number of hydrogen-bond donors (Lipinski definition) is 1. The summed E-state index contributed by atoms with van der Waals surface area (Å²) in [5.41, 5.74) is 2.44. The molecule has 3 rings (SSSR count). The van der Waals surface area contributed by atoms with Crippen molar-refractivity contribution in [3.8, 4) is 23.0 Å². The van der Waals surface area contributed by atoms with Crippen LogP contribution in [0.2, 0.25) is 0 Å². The first kappa shape index (κ1) is 20.2. The van der Waals surface area contributed by atoms with E-state index in [1.165, 1.54) is 0 Å². The number of benzene rings is 2. The zero-order valence-corrected chi connectivity index (χ0v) is 16.9. The molecule has 0 amide bonds. The molecule has 6 heteroatoms. The van der Waals surface area contributed by atoms with Crippen LogP contribution < -0.4 is 14.8 Å². The van der Waals surface area contributed by atoms with Crippen molar-refractivity contribution in [1.29, 1.82) is 0 Å². The molecule has 1 N–H and O–H groups in total. The highest BCUT2D eigenvalue weighted by Gasteiger charge is 2.10. The Kier molecular flexibility index (Phi) is 7.28. The van der Waals surface area contributed by atoms with Gasteiger partial charge >= 0.3 is 0 Å². The first-order valence-corrected chi connectivity index (χ1v) is 9.71. The summed E-state index contributed by atoms with van der Waals surface area (Å²) < 4.78 is 17.6. The van der Waals surface area contributed by atoms with Crippen LogP contribution in [-0.2, 0) is 0 Å². The van der Waals surface area contributed by atoms with Gasteiger partial charge in [0.15, 0.2) is 5.58 Å². The highest BCUT2D eigenvalue weighted by atomic mass is 16.5. The van der Waals surface area contributed by atoms with E-state index in [4.69, 9.17) is 13.9 Å². The maximum absolute atomic E-state index is 5.97. The lowest BCUT2D eigenvalue weighted by atomic mass is 10.2. The van der Waals surface area contributed by atoms with Crippen LogP contribution in [0.3, 0.4) is 0 Å². The number of aromatic nitrogens is 1. The summed E-state index contributed by atoms with van der Waals surface area (Å²) in [5, 5.41) is 3.11. The quantitative estimate of drug-likeness (QED) is 0.508. The second-order valence-corrected chi connectivity index (χ2v) is 6.99. The van der Waals surface area contributed by atoms with Gasteiger partial charge in [0.25, 0.3) is 0 Å². The summed E-state index contributed by atoms with van der Waals surface area (Å²) in [4.78, 5) is 6.75. The van der Waals surface area contributed by atoms with Gasteiger partial charge in [-0.15, -0.1) is 0 Å². The van der Waals surface area contributed by atoms with Crippen molar-refractivity contribution in [2.75, 3.05) is 47.4 Å². The van der Waals surface area contributed by atoms with E-state index in [9.17, 15) is 0 Å². The van der Waals surface area contributed by atoms with Crippen molar-refractivity contribution in [3.05, 3.63) is 42.5 Å². The van der Waals surface area contributed by atoms with Gasteiger partial charge in [0.1, 0.15) is 17.0 Å². The Morgan fingerprint density at radius 3 is 2.57 bits per heavy atom. The molecule has 28 heavy (non-hydrogen) atoms. The lowest BCUT2D eigenvalue weighted by molar-refractivity contribution is 0.281. The second-order valence-electron chi connectivity index (χ2n) is 6.99. The summed E-state index contributed by atoms with van der Waals surface area (Å²) in [5.74, 6) is 2.21. The number of oxazole rings is 1. The van der Waals surface area contributed by atoms with Gasteiger partial charge in [0.05, 0.1) is 13.2 Å². The molecule has 0 atom stereocenters. The molecule has 0 spiro atoms. The number of ether oxygens (including phenoxy) is 2. The van der Waals surface area contributed by atoms with Crippen LogP contribution in [0, 0.1) is 0 Å². The first-order valence-electron chi connectivity index (χ1n) is 9.71. The average molecular weight is 383 g/mol. The van der Waals surface area contributed by atoms with Gasteiger partial charge in [-0.25, -0.2) is 4.98 Å². The van der Waals surface area contributed by atoms with E-state index in [0.717, 1.165) is 54.1 Å². The van der Waals surface area contributed by atoms with E-state index in [2.05, 4.69) is 29.3 Å². The Morgan fingerprint density at radius 2 is 1.79 bits per heavy atom. The number of nitrogens with zero attached hydrogens (tertiary/aromatic N) is 2. The Labute approximate surface area is 166 Å². The average Bonchev–Trinajstić information content (AvgIpc) is 3.12. The van der Waals surface area contributed by atoms with Crippen LogP contribution in [-0.4, -0.2) is 57.3 Å². The van der Waals surface area contributed by atoms with Gasteiger partial charge in [-0.2, -0.15) is 0 Å². The van der Waals surface area contributed by atoms with E-state index in [1.54, 1.807) is 0 Å². The van der Waals surface area contributed by atoms with Crippen molar-refractivity contribution in [3.63, 3.8) is 0 Å². The third-order valence-electron chi connectivity index (χ3n) is 4.30. The number of rotatable bonds is 11. The molecule has 6 nitrogen and oxygen atoms in total. The Morgan fingerprint density at radius 1 is 1.00 bits per heavy atom. The molecule has 0 saturated carbocycles. The monoisotopic (exact) mass is 383 g/mol. The van der Waals surface area contributed by atoms with Crippen molar-refractivity contribution in [1.82, 2.24) is 15.2 Å². The maximum atomic E-state index is 5.97. The summed E-state index contributed by atoms with van der Waals surface area (Å²) in [7, 11) is 6.06. The summed E-state index contributed by atoms with van der Waals surface area (Å²) >= 11 is 0. The maximum Gasteiger partial charge on any atom is 0.227 e. The number of nitrogens with one attached hydrogen (secondary N) is 1. The van der Waals surface area contributed by atoms with Gasteiger partial charge < -0.3 is 24.1 Å². The molecule has 0 aliphatic rings. The van der Waals surface area contributed by atoms with Gasteiger partial charge in [-0.3, -0.25) is 0 Å². The summed E-state index contributed by atoms with van der Waals surface area (Å²) in [6, 6.07) is 13.6. The van der Waals surface area contributed by atoms with Crippen LogP contribution in [0.1, 0.15) is 12.8 Å². The minimum absolute atomic E-state index is 0.584. The molecule has 0 aliphatic carbocycles. The zero-order valence-electron chi connectivity index (χ0n) is 16.9. The molecule has 0 unspecified atom stereocenters. The molecule has 3 aromatic rings. The molecule has 1 heterocycles. The lowest BCUT2D eigenvalue weighted by Crippen LogP contribution is -2.15. The molecular weight excluding hydrogens is 354 g/mol. The van der Waals surface area contributed by atoms with Crippen LogP contribution in [0.15, 0.2) is 46.9 Å². The number of hydrogen-bond acceptors (Lipinski definition) is 6. The normalized spacial score (nSPS) is 11.3. The summed E-state index contributed by atoms with van der Waals surface area (Å²) in [6.45, 7) is 3.29. The fraction of sp³-hybridized carbons (Fsp3) is 0.409. The molecule has 2 aromatic carbocycles. The molecular formula is C22H29N3O3. The van der Waals surface area contributed by atoms with Crippen LogP contribution >= 0.6 is 0 Å². The SMILES string of the molecule is CNCCCOc1ccc2nc(-c3cccc(OCCCN(C)C)c3)oc2c1. The third kappa shape index (κ3) is 5.71. The minimum Gasteiger partial charge on any atom is -0.494 e. The Balaban J connectivity index is 1.66. The lowest BCUT2D eigenvalue weighted by Gasteiger charge is -2.10. The highest BCUT2D eigenvalue weighted by molar-refractivity contribution is 5.77. The van der Waals surface area contributed by atoms with E-state index >= 15 is 0 Å². The fourth-order valence-corrected chi connectivity index (χ4v) is 2.85. The standard InChI is InChI=1S/C22H29N3O3/c1-23-11-5-13-26-19-9-10-20-21(16-19)28-22(24-20)17-7-4-8-18(15-17)27-14-6-12-25(2)3/h4,7-10,15-16,23H,5-6,11-14H2,1-3H3. The Hall–Kier alpha value is -2.57. The fourth-order valence-electron chi connectivity index (χ4n) is 2.85. The van der Waals surface area contributed by atoms with Crippen LogP contribution in [0.25, 0.3) is 22.6 Å². The van der Waals surface area contributed by atoms with Crippen LogP contribution in [0.4, 0.5) is 0 Å².